The van der Waals surface area contributed by atoms with Gasteiger partial charge in [-0.2, -0.15) is 11.8 Å². The highest BCUT2D eigenvalue weighted by atomic mass is 32.2. The Bertz CT molecular complexity index is 310. The second-order valence-corrected chi connectivity index (χ2v) is 7.44. The van der Waals surface area contributed by atoms with E-state index < -0.39 is 0 Å². The van der Waals surface area contributed by atoms with Crippen LogP contribution in [0.25, 0.3) is 0 Å². The zero-order chi connectivity index (χ0) is 12.4. The number of carbonyl (C=O) groups excluding carboxylic acids is 1. The number of hydrogen-bond donors (Lipinski definition) is 0. The molecule has 3 unspecified atom stereocenters. The van der Waals surface area contributed by atoms with Gasteiger partial charge in [-0.05, 0) is 49.7 Å². The largest absolute Gasteiger partial charge is 0.374 e. The molecule has 3 fully saturated rings. The molecule has 1 saturated carbocycles. The molecule has 3 atom stereocenters. The smallest absolute Gasteiger partial charge is 0.133 e. The summed E-state index contributed by atoms with van der Waals surface area (Å²) < 4.78 is 6.10. The standard InChI is InChI=1S/C15H24O2S/c16-14-4-2-1-3-12(9-14)13-5-7-17-15(10-13)6-8-18-11-15/h12-13H,1-11H2. The highest BCUT2D eigenvalue weighted by Gasteiger charge is 2.42. The van der Waals surface area contributed by atoms with Gasteiger partial charge in [-0.15, -0.1) is 0 Å². The Kier molecular flexibility index (Phi) is 4.00. The number of rotatable bonds is 1. The first kappa shape index (κ1) is 13.0. The van der Waals surface area contributed by atoms with E-state index in [0.717, 1.165) is 31.8 Å². The zero-order valence-electron chi connectivity index (χ0n) is 11.2. The maximum absolute atomic E-state index is 11.8. The van der Waals surface area contributed by atoms with E-state index in [9.17, 15) is 4.79 Å². The van der Waals surface area contributed by atoms with E-state index in [0.29, 0.717) is 11.7 Å². The summed E-state index contributed by atoms with van der Waals surface area (Å²) >= 11 is 2.04. The predicted octanol–water partition coefficient (Wildman–Crippen LogP) is 3.44. The quantitative estimate of drug-likeness (QED) is 0.681. The van der Waals surface area contributed by atoms with Gasteiger partial charge < -0.3 is 4.74 Å². The Morgan fingerprint density at radius 1 is 1.22 bits per heavy atom. The number of ether oxygens (including phenoxy) is 1. The third kappa shape index (κ3) is 2.77. The third-order valence-electron chi connectivity index (χ3n) is 5.04. The van der Waals surface area contributed by atoms with Gasteiger partial charge in [-0.3, -0.25) is 4.79 Å². The van der Waals surface area contributed by atoms with Crippen LogP contribution in [0.5, 0.6) is 0 Å². The first-order chi connectivity index (χ1) is 8.77. The summed E-state index contributed by atoms with van der Waals surface area (Å²) in [4.78, 5) is 11.8. The summed E-state index contributed by atoms with van der Waals surface area (Å²) in [5.74, 6) is 4.37. The first-order valence-electron chi connectivity index (χ1n) is 7.51. The van der Waals surface area contributed by atoms with Crippen molar-refractivity contribution in [3.05, 3.63) is 0 Å². The maximum atomic E-state index is 11.8. The van der Waals surface area contributed by atoms with E-state index in [1.165, 1.54) is 43.6 Å². The molecule has 0 radical (unpaired) electrons. The van der Waals surface area contributed by atoms with Crippen LogP contribution in [-0.2, 0) is 9.53 Å². The van der Waals surface area contributed by atoms with Crippen molar-refractivity contribution in [2.45, 2.75) is 57.0 Å². The molecule has 1 spiro atoms. The number of Topliss-reactive ketones (excluding diaryl/α,β-unsaturated/α-hetero) is 1. The topological polar surface area (TPSA) is 26.3 Å². The van der Waals surface area contributed by atoms with Gasteiger partial charge in [0.15, 0.2) is 0 Å². The summed E-state index contributed by atoms with van der Waals surface area (Å²) in [5.41, 5.74) is 0.183. The molecule has 0 aromatic carbocycles. The SMILES string of the molecule is O=C1CCCCC(C2CCOC3(CCSC3)C2)C1. The minimum atomic E-state index is 0.183. The Labute approximate surface area is 114 Å². The number of hydrogen-bond acceptors (Lipinski definition) is 3. The average molecular weight is 268 g/mol. The van der Waals surface area contributed by atoms with E-state index in [1.54, 1.807) is 0 Å². The van der Waals surface area contributed by atoms with E-state index in [4.69, 9.17) is 4.74 Å². The van der Waals surface area contributed by atoms with Crippen molar-refractivity contribution in [2.24, 2.45) is 11.8 Å². The molecule has 0 aromatic rings. The molecule has 3 heteroatoms. The minimum Gasteiger partial charge on any atom is -0.374 e. The lowest BCUT2D eigenvalue weighted by Gasteiger charge is -2.40. The second-order valence-electron chi connectivity index (χ2n) is 6.34. The summed E-state index contributed by atoms with van der Waals surface area (Å²) in [6, 6.07) is 0. The average Bonchev–Trinajstić information content (AvgIpc) is 2.69. The molecule has 0 N–H and O–H groups in total. The van der Waals surface area contributed by atoms with Crippen LogP contribution in [0, 0.1) is 11.8 Å². The molecule has 18 heavy (non-hydrogen) atoms. The lowest BCUT2D eigenvalue weighted by Crippen LogP contribution is -2.42. The van der Waals surface area contributed by atoms with Gasteiger partial charge in [0.2, 0.25) is 0 Å². The second kappa shape index (κ2) is 5.54. The van der Waals surface area contributed by atoms with Gasteiger partial charge >= 0.3 is 0 Å². The lowest BCUT2D eigenvalue weighted by atomic mass is 9.75. The fraction of sp³-hybridized carbons (Fsp3) is 0.933. The van der Waals surface area contributed by atoms with Crippen LogP contribution >= 0.6 is 11.8 Å². The van der Waals surface area contributed by atoms with Crippen molar-refractivity contribution < 1.29 is 9.53 Å². The minimum absolute atomic E-state index is 0.183. The van der Waals surface area contributed by atoms with Gasteiger partial charge in [0.25, 0.3) is 0 Å². The highest BCUT2D eigenvalue weighted by molar-refractivity contribution is 7.99. The van der Waals surface area contributed by atoms with Crippen LogP contribution in [0.4, 0.5) is 0 Å². The summed E-state index contributed by atoms with van der Waals surface area (Å²) in [6.07, 6.45) is 8.99. The molecule has 102 valence electrons. The molecule has 2 aliphatic heterocycles. The Morgan fingerprint density at radius 2 is 2.17 bits per heavy atom. The van der Waals surface area contributed by atoms with Crippen molar-refractivity contribution in [3.8, 4) is 0 Å². The van der Waals surface area contributed by atoms with Crippen molar-refractivity contribution >= 4 is 17.5 Å². The Morgan fingerprint density at radius 3 is 3.00 bits per heavy atom. The van der Waals surface area contributed by atoms with Crippen LogP contribution < -0.4 is 0 Å². The molecular weight excluding hydrogens is 244 g/mol. The summed E-state index contributed by atoms with van der Waals surface area (Å²) in [6.45, 7) is 0.927. The number of ketones is 1. The van der Waals surface area contributed by atoms with E-state index >= 15 is 0 Å². The molecule has 3 rings (SSSR count). The molecule has 2 heterocycles. The molecule has 0 amide bonds. The van der Waals surface area contributed by atoms with Gasteiger partial charge in [-0.25, -0.2) is 0 Å². The Hall–Kier alpha value is -0.0200. The van der Waals surface area contributed by atoms with Crippen LogP contribution in [-0.4, -0.2) is 29.5 Å². The molecule has 0 aromatic heterocycles. The van der Waals surface area contributed by atoms with Gasteiger partial charge in [-0.1, -0.05) is 6.42 Å². The summed E-state index contributed by atoms with van der Waals surface area (Å²) in [5, 5.41) is 0. The number of thioether (sulfide) groups is 1. The lowest BCUT2D eigenvalue weighted by molar-refractivity contribution is -0.122. The molecule has 0 bridgehead atoms. The fourth-order valence-corrected chi connectivity index (χ4v) is 5.34. The fourth-order valence-electron chi connectivity index (χ4n) is 3.96. The van der Waals surface area contributed by atoms with Crippen LogP contribution in [0.3, 0.4) is 0 Å². The number of carbonyl (C=O) groups is 1. The zero-order valence-corrected chi connectivity index (χ0v) is 12.0. The molecule has 2 nitrogen and oxygen atoms in total. The van der Waals surface area contributed by atoms with Gasteiger partial charge in [0, 0.05) is 25.2 Å². The predicted molar refractivity (Wildman–Crippen MR) is 74.9 cm³/mol. The van der Waals surface area contributed by atoms with Crippen molar-refractivity contribution in [3.63, 3.8) is 0 Å². The normalized spacial score (nSPS) is 42.1. The summed E-state index contributed by atoms with van der Waals surface area (Å²) in [7, 11) is 0. The molecule has 3 aliphatic rings. The Balaban J connectivity index is 1.65. The van der Waals surface area contributed by atoms with Gasteiger partial charge in [0.1, 0.15) is 5.78 Å². The van der Waals surface area contributed by atoms with Crippen molar-refractivity contribution in [1.29, 1.82) is 0 Å². The third-order valence-corrected chi connectivity index (χ3v) is 6.26. The maximum Gasteiger partial charge on any atom is 0.133 e. The van der Waals surface area contributed by atoms with Crippen LogP contribution in [0.2, 0.25) is 0 Å². The van der Waals surface area contributed by atoms with Crippen molar-refractivity contribution in [2.75, 3.05) is 18.1 Å². The van der Waals surface area contributed by atoms with E-state index in [2.05, 4.69) is 0 Å². The molecule has 1 aliphatic carbocycles. The molecule has 2 saturated heterocycles. The van der Waals surface area contributed by atoms with Crippen LogP contribution in [0.15, 0.2) is 0 Å². The van der Waals surface area contributed by atoms with Gasteiger partial charge in [0.05, 0.1) is 5.60 Å². The van der Waals surface area contributed by atoms with E-state index in [1.807, 2.05) is 11.8 Å². The van der Waals surface area contributed by atoms with Crippen molar-refractivity contribution in [1.82, 2.24) is 0 Å². The monoisotopic (exact) mass is 268 g/mol. The van der Waals surface area contributed by atoms with E-state index in [-0.39, 0.29) is 5.60 Å². The van der Waals surface area contributed by atoms with Crippen LogP contribution in [0.1, 0.15) is 51.4 Å². The first-order valence-corrected chi connectivity index (χ1v) is 8.66. The molecular formula is C15H24O2S. The highest BCUT2D eigenvalue weighted by Crippen LogP contribution is 2.44.